The molecule has 0 bridgehead atoms. The summed E-state index contributed by atoms with van der Waals surface area (Å²) in [6, 6.07) is 9.38. The van der Waals surface area contributed by atoms with Gasteiger partial charge in [0.25, 0.3) is 0 Å². The van der Waals surface area contributed by atoms with Gasteiger partial charge in [-0.2, -0.15) is 5.26 Å². The summed E-state index contributed by atoms with van der Waals surface area (Å²) in [7, 11) is 0. The van der Waals surface area contributed by atoms with E-state index in [4.69, 9.17) is 15.0 Å². The van der Waals surface area contributed by atoms with Gasteiger partial charge in [-0.3, -0.25) is 9.47 Å². The molecule has 0 saturated carbocycles. The van der Waals surface area contributed by atoms with Gasteiger partial charge in [-0.05, 0) is 36.2 Å². The predicted octanol–water partition coefficient (Wildman–Crippen LogP) is 2.76. The number of rotatable bonds is 4. The molecule has 0 aliphatic carbocycles. The van der Waals surface area contributed by atoms with E-state index < -0.39 is 6.10 Å². The summed E-state index contributed by atoms with van der Waals surface area (Å²) < 4.78 is 6.97. The van der Waals surface area contributed by atoms with Crippen molar-refractivity contribution in [3.8, 4) is 12.0 Å². The van der Waals surface area contributed by atoms with Gasteiger partial charge in [0.2, 0.25) is 5.95 Å². The first-order valence-corrected chi connectivity index (χ1v) is 11.4. The molecule has 4 aromatic rings. The van der Waals surface area contributed by atoms with E-state index in [-0.39, 0.29) is 12.6 Å². The Morgan fingerprint density at radius 1 is 1.26 bits per heavy atom. The number of nitriles is 1. The number of pyridine rings is 1. The molecule has 2 aliphatic rings. The SMILES string of the molecule is Cc1c(C(O)CN2CCc3nc(-n4ccc5cc(C#N)cnc54)ncc3C2)ccc2c1COC2=O. The molecule has 1 unspecified atom stereocenters. The van der Waals surface area contributed by atoms with Gasteiger partial charge < -0.3 is 9.84 Å². The Hall–Kier alpha value is -4.13. The first-order valence-electron chi connectivity index (χ1n) is 11.4. The number of ether oxygens (including phenoxy) is 1. The molecule has 2 aliphatic heterocycles. The van der Waals surface area contributed by atoms with Crippen molar-refractivity contribution >= 4 is 17.0 Å². The highest BCUT2D eigenvalue weighted by Gasteiger charge is 2.27. The molecule has 174 valence electrons. The maximum Gasteiger partial charge on any atom is 0.338 e. The van der Waals surface area contributed by atoms with Crippen molar-refractivity contribution in [1.82, 2.24) is 24.4 Å². The molecule has 0 fully saturated rings. The second-order valence-electron chi connectivity index (χ2n) is 8.96. The largest absolute Gasteiger partial charge is 0.457 e. The fourth-order valence-corrected chi connectivity index (χ4v) is 4.95. The second-order valence-corrected chi connectivity index (χ2v) is 8.96. The molecule has 5 heterocycles. The van der Waals surface area contributed by atoms with Crippen LogP contribution in [0.1, 0.15) is 50.0 Å². The lowest BCUT2D eigenvalue weighted by molar-refractivity contribution is 0.0535. The number of aliphatic hydroxyl groups is 1. The van der Waals surface area contributed by atoms with Gasteiger partial charge in [-0.1, -0.05) is 6.07 Å². The molecule has 3 aromatic heterocycles. The summed E-state index contributed by atoms with van der Waals surface area (Å²) >= 11 is 0. The van der Waals surface area contributed by atoms with Crippen LogP contribution in [0.25, 0.3) is 17.0 Å². The molecule has 0 amide bonds. The number of β-amino-alcohol motifs (C(OH)–C–C–N with tert-alkyl or cyclic N) is 1. The number of cyclic esters (lactones) is 1. The van der Waals surface area contributed by atoms with Crippen LogP contribution in [0, 0.1) is 18.3 Å². The quantitative estimate of drug-likeness (QED) is 0.456. The van der Waals surface area contributed by atoms with Gasteiger partial charge in [-0.25, -0.2) is 19.7 Å². The summed E-state index contributed by atoms with van der Waals surface area (Å²) in [6.07, 6.45) is 5.33. The van der Waals surface area contributed by atoms with Crippen molar-refractivity contribution < 1.29 is 14.6 Å². The number of benzene rings is 1. The molecule has 1 aromatic carbocycles. The number of carbonyl (C=O) groups is 1. The van der Waals surface area contributed by atoms with Crippen LogP contribution < -0.4 is 0 Å². The molecule has 9 heteroatoms. The number of aliphatic hydroxyl groups excluding tert-OH is 1. The van der Waals surface area contributed by atoms with E-state index in [1.807, 2.05) is 36.0 Å². The number of hydrogen-bond donors (Lipinski definition) is 1. The van der Waals surface area contributed by atoms with Crippen molar-refractivity contribution in [2.45, 2.75) is 32.6 Å². The molecule has 6 rings (SSSR count). The Balaban J connectivity index is 1.20. The topological polar surface area (TPSA) is 117 Å². The number of esters is 1. The molecule has 35 heavy (non-hydrogen) atoms. The first-order chi connectivity index (χ1) is 17.0. The number of carbonyl (C=O) groups excluding carboxylic acids is 1. The van der Waals surface area contributed by atoms with E-state index >= 15 is 0 Å². The van der Waals surface area contributed by atoms with Crippen LogP contribution in [-0.2, 0) is 24.3 Å². The van der Waals surface area contributed by atoms with Crippen LogP contribution in [0.4, 0.5) is 0 Å². The lowest BCUT2D eigenvalue weighted by Crippen LogP contribution is -2.35. The summed E-state index contributed by atoms with van der Waals surface area (Å²) in [5, 5.41) is 20.9. The lowest BCUT2D eigenvalue weighted by atomic mass is 9.95. The average Bonchev–Trinajstić information content (AvgIpc) is 3.47. The van der Waals surface area contributed by atoms with E-state index in [9.17, 15) is 9.90 Å². The van der Waals surface area contributed by atoms with Crippen LogP contribution in [0.2, 0.25) is 0 Å². The number of fused-ring (bicyclic) bond motifs is 3. The minimum Gasteiger partial charge on any atom is -0.457 e. The van der Waals surface area contributed by atoms with E-state index in [1.165, 1.54) is 0 Å². The molecule has 9 nitrogen and oxygen atoms in total. The normalized spacial score (nSPS) is 16.0. The summed E-state index contributed by atoms with van der Waals surface area (Å²) in [5.41, 5.74) is 6.45. The fraction of sp³-hybridized carbons (Fsp3) is 0.269. The zero-order valence-electron chi connectivity index (χ0n) is 19.1. The third kappa shape index (κ3) is 3.64. The first kappa shape index (κ1) is 21.4. The van der Waals surface area contributed by atoms with E-state index in [1.54, 1.807) is 18.3 Å². The van der Waals surface area contributed by atoms with Crippen LogP contribution in [0.5, 0.6) is 0 Å². The maximum atomic E-state index is 11.8. The zero-order chi connectivity index (χ0) is 24.1. The standard InChI is InChI=1S/C26H22N6O3/c1-15-19(2-3-20-21(15)14-35-25(20)34)23(33)13-31-6-5-22-18(12-31)11-29-26(30-22)32-7-4-17-8-16(9-27)10-28-24(17)32/h2-4,7-8,10-11,23,33H,5-6,12-14H2,1H3. The molecular weight excluding hydrogens is 444 g/mol. The summed E-state index contributed by atoms with van der Waals surface area (Å²) in [5.74, 6) is 0.252. The van der Waals surface area contributed by atoms with Crippen LogP contribution in [-0.4, -0.2) is 48.6 Å². The van der Waals surface area contributed by atoms with Crippen molar-refractivity contribution in [3.05, 3.63) is 81.9 Å². The predicted molar refractivity (Wildman–Crippen MR) is 126 cm³/mol. The Bertz CT molecular complexity index is 1540. The highest BCUT2D eigenvalue weighted by molar-refractivity contribution is 5.94. The van der Waals surface area contributed by atoms with Crippen LogP contribution in [0.15, 0.2) is 42.9 Å². The van der Waals surface area contributed by atoms with E-state index in [0.717, 1.165) is 46.3 Å². The lowest BCUT2D eigenvalue weighted by Gasteiger charge is -2.30. The van der Waals surface area contributed by atoms with Crippen LogP contribution in [0.3, 0.4) is 0 Å². The Morgan fingerprint density at radius 2 is 2.14 bits per heavy atom. The number of aromatic nitrogens is 4. The molecule has 0 radical (unpaired) electrons. The Kier molecular flexibility index (Phi) is 5.06. The summed E-state index contributed by atoms with van der Waals surface area (Å²) in [4.78, 5) is 27.8. The van der Waals surface area contributed by atoms with E-state index in [2.05, 4.69) is 20.9 Å². The highest BCUT2D eigenvalue weighted by Crippen LogP contribution is 2.30. The zero-order valence-corrected chi connectivity index (χ0v) is 19.1. The fourth-order valence-electron chi connectivity index (χ4n) is 4.95. The number of nitrogens with zero attached hydrogens (tertiary/aromatic N) is 6. The van der Waals surface area contributed by atoms with Crippen molar-refractivity contribution in [3.63, 3.8) is 0 Å². The summed E-state index contributed by atoms with van der Waals surface area (Å²) in [6.45, 7) is 4.09. The smallest absolute Gasteiger partial charge is 0.338 e. The second kappa shape index (κ2) is 8.27. The Labute approximate surface area is 201 Å². The van der Waals surface area contributed by atoms with Gasteiger partial charge >= 0.3 is 5.97 Å². The van der Waals surface area contributed by atoms with Crippen molar-refractivity contribution in [1.29, 1.82) is 5.26 Å². The molecule has 0 spiro atoms. The third-order valence-electron chi connectivity index (χ3n) is 6.87. The highest BCUT2D eigenvalue weighted by atomic mass is 16.5. The van der Waals surface area contributed by atoms with Gasteiger partial charge in [-0.15, -0.1) is 0 Å². The maximum absolute atomic E-state index is 11.8. The van der Waals surface area contributed by atoms with Gasteiger partial charge in [0.15, 0.2) is 0 Å². The number of hydrogen-bond acceptors (Lipinski definition) is 8. The molecule has 1 atom stereocenters. The van der Waals surface area contributed by atoms with Crippen LogP contribution >= 0.6 is 0 Å². The minimum atomic E-state index is -0.673. The van der Waals surface area contributed by atoms with Crippen molar-refractivity contribution in [2.24, 2.45) is 0 Å². The van der Waals surface area contributed by atoms with Gasteiger partial charge in [0.1, 0.15) is 18.3 Å². The Morgan fingerprint density at radius 3 is 3.00 bits per heavy atom. The molecule has 0 saturated heterocycles. The van der Waals surface area contributed by atoms with Gasteiger partial charge in [0, 0.05) is 61.2 Å². The minimum absolute atomic E-state index is 0.267. The molecule has 1 N–H and O–H groups in total. The van der Waals surface area contributed by atoms with E-state index in [0.29, 0.717) is 35.8 Å². The molecular formula is C26H22N6O3. The average molecular weight is 467 g/mol. The monoisotopic (exact) mass is 466 g/mol. The van der Waals surface area contributed by atoms with Gasteiger partial charge in [0.05, 0.1) is 22.9 Å². The van der Waals surface area contributed by atoms with Crippen molar-refractivity contribution in [2.75, 3.05) is 13.1 Å². The third-order valence-corrected chi connectivity index (χ3v) is 6.87.